The first kappa shape index (κ1) is 19.0. The second-order valence-electron chi connectivity index (χ2n) is 6.65. The number of carbonyl (C=O) groups excluding carboxylic acids is 2. The van der Waals surface area contributed by atoms with E-state index in [0.717, 1.165) is 18.4 Å². The maximum absolute atomic E-state index is 11.8. The highest BCUT2D eigenvalue weighted by Gasteiger charge is 2.15. The minimum absolute atomic E-state index is 0.0222. The summed E-state index contributed by atoms with van der Waals surface area (Å²) in [5, 5.41) is 5.59. The van der Waals surface area contributed by atoms with Crippen LogP contribution in [0.2, 0.25) is 0 Å². The van der Waals surface area contributed by atoms with Crippen LogP contribution in [0.3, 0.4) is 0 Å². The topological polar surface area (TPSA) is 67.4 Å². The molecule has 5 nitrogen and oxygen atoms in total. The molecule has 0 saturated heterocycles. The Morgan fingerprint density at radius 1 is 1.00 bits per heavy atom. The lowest BCUT2D eigenvalue weighted by molar-refractivity contribution is -0.120. The molecule has 23 heavy (non-hydrogen) atoms. The van der Waals surface area contributed by atoms with Gasteiger partial charge in [-0.15, -0.1) is 0 Å². The fourth-order valence-corrected chi connectivity index (χ4v) is 1.94. The number of aryl methyl sites for hydroxylation is 1. The summed E-state index contributed by atoms with van der Waals surface area (Å²) in [5.41, 5.74) is 1.72. The smallest absolute Gasteiger partial charge is 0.407 e. The van der Waals surface area contributed by atoms with Crippen LogP contribution in [-0.4, -0.2) is 30.7 Å². The molecular weight excluding hydrogens is 292 g/mol. The van der Waals surface area contributed by atoms with E-state index in [1.54, 1.807) is 0 Å². The third kappa shape index (κ3) is 9.55. The van der Waals surface area contributed by atoms with E-state index in [1.807, 2.05) is 52.0 Å². The van der Waals surface area contributed by atoms with Gasteiger partial charge >= 0.3 is 6.09 Å². The number of amides is 2. The number of unbranched alkanes of at least 4 members (excludes halogenated alkanes) is 1. The Kier molecular flexibility index (Phi) is 7.59. The molecule has 0 fully saturated rings. The van der Waals surface area contributed by atoms with Crippen molar-refractivity contribution in [1.82, 2.24) is 10.6 Å². The Morgan fingerprint density at radius 2 is 1.57 bits per heavy atom. The van der Waals surface area contributed by atoms with Crippen molar-refractivity contribution in [3.63, 3.8) is 0 Å². The molecule has 0 spiro atoms. The molecule has 1 aromatic rings. The molecule has 0 saturated carbocycles. The number of benzene rings is 1. The first-order valence-electron chi connectivity index (χ1n) is 8.05. The normalized spacial score (nSPS) is 11.0. The lowest BCUT2D eigenvalue weighted by Crippen LogP contribution is -2.33. The van der Waals surface area contributed by atoms with Crippen LogP contribution in [0.25, 0.3) is 0 Å². The number of rotatable bonds is 7. The van der Waals surface area contributed by atoms with E-state index < -0.39 is 11.7 Å². The molecule has 128 valence electrons. The fraction of sp³-hybridized carbons (Fsp3) is 0.556. The maximum atomic E-state index is 11.8. The van der Waals surface area contributed by atoms with Crippen LogP contribution in [0.4, 0.5) is 4.79 Å². The molecule has 0 radical (unpaired) electrons. The van der Waals surface area contributed by atoms with Gasteiger partial charge in [-0.3, -0.25) is 4.79 Å². The Bertz CT molecular complexity index is 504. The van der Waals surface area contributed by atoms with Crippen molar-refractivity contribution in [2.24, 2.45) is 0 Å². The van der Waals surface area contributed by atoms with E-state index in [-0.39, 0.29) is 5.91 Å². The zero-order valence-corrected chi connectivity index (χ0v) is 14.6. The molecule has 0 atom stereocenters. The SMILES string of the molecule is Cc1ccc(CC(=O)NCCCCNC(=O)OC(C)(C)C)cc1. The van der Waals surface area contributed by atoms with E-state index in [2.05, 4.69) is 10.6 Å². The largest absolute Gasteiger partial charge is 0.444 e. The van der Waals surface area contributed by atoms with Crippen LogP contribution in [0.1, 0.15) is 44.7 Å². The highest BCUT2D eigenvalue weighted by Crippen LogP contribution is 2.06. The van der Waals surface area contributed by atoms with Crippen LogP contribution in [0.15, 0.2) is 24.3 Å². The van der Waals surface area contributed by atoms with Crippen molar-refractivity contribution in [2.45, 2.75) is 52.6 Å². The van der Waals surface area contributed by atoms with Gasteiger partial charge < -0.3 is 15.4 Å². The monoisotopic (exact) mass is 320 g/mol. The number of hydrogen-bond donors (Lipinski definition) is 2. The third-order valence-corrected chi connectivity index (χ3v) is 3.08. The molecule has 0 unspecified atom stereocenters. The molecule has 5 heteroatoms. The molecule has 0 bridgehead atoms. The van der Waals surface area contributed by atoms with Gasteiger partial charge in [0.15, 0.2) is 0 Å². The van der Waals surface area contributed by atoms with Gasteiger partial charge in [-0.2, -0.15) is 0 Å². The first-order chi connectivity index (χ1) is 10.8. The standard InChI is InChI=1S/C18H28N2O3/c1-14-7-9-15(10-8-14)13-16(21)19-11-5-6-12-20-17(22)23-18(2,3)4/h7-10H,5-6,11-13H2,1-4H3,(H,19,21)(H,20,22). The highest BCUT2D eigenvalue weighted by atomic mass is 16.6. The minimum atomic E-state index is -0.478. The van der Waals surface area contributed by atoms with Gasteiger partial charge in [0.1, 0.15) is 5.60 Å². The van der Waals surface area contributed by atoms with Gasteiger partial charge in [0.05, 0.1) is 6.42 Å². The summed E-state index contributed by atoms with van der Waals surface area (Å²) in [6.45, 7) is 8.67. The van der Waals surface area contributed by atoms with Crippen molar-refractivity contribution in [1.29, 1.82) is 0 Å². The van der Waals surface area contributed by atoms with Crippen molar-refractivity contribution in [3.8, 4) is 0 Å². The van der Waals surface area contributed by atoms with Crippen molar-refractivity contribution < 1.29 is 14.3 Å². The Hall–Kier alpha value is -2.04. The lowest BCUT2D eigenvalue weighted by Gasteiger charge is -2.19. The van der Waals surface area contributed by atoms with Crippen LogP contribution in [-0.2, 0) is 16.0 Å². The summed E-state index contributed by atoms with van der Waals surface area (Å²) < 4.78 is 5.14. The molecule has 2 amide bonds. The Morgan fingerprint density at radius 3 is 2.13 bits per heavy atom. The predicted molar refractivity (Wildman–Crippen MR) is 91.4 cm³/mol. The maximum Gasteiger partial charge on any atom is 0.407 e. The summed E-state index contributed by atoms with van der Waals surface area (Å²) >= 11 is 0. The van der Waals surface area contributed by atoms with E-state index in [0.29, 0.717) is 19.5 Å². The zero-order valence-electron chi connectivity index (χ0n) is 14.6. The zero-order chi connectivity index (χ0) is 17.3. The molecule has 0 heterocycles. The molecular formula is C18H28N2O3. The molecule has 1 rings (SSSR count). The number of hydrogen-bond acceptors (Lipinski definition) is 3. The van der Waals surface area contributed by atoms with Gasteiger partial charge in [0, 0.05) is 13.1 Å². The van der Waals surface area contributed by atoms with Crippen molar-refractivity contribution >= 4 is 12.0 Å². The molecule has 0 aliphatic rings. The van der Waals surface area contributed by atoms with Crippen molar-refractivity contribution in [3.05, 3.63) is 35.4 Å². The average Bonchev–Trinajstić information content (AvgIpc) is 2.43. The number of alkyl carbamates (subject to hydrolysis) is 1. The quantitative estimate of drug-likeness (QED) is 0.759. The summed E-state index contributed by atoms with van der Waals surface area (Å²) in [6.07, 6.45) is 1.61. The molecule has 0 aromatic heterocycles. The molecule has 0 aliphatic heterocycles. The first-order valence-corrected chi connectivity index (χ1v) is 8.05. The second-order valence-corrected chi connectivity index (χ2v) is 6.65. The summed E-state index contributed by atoms with van der Waals surface area (Å²) in [5.74, 6) is 0.0222. The summed E-state index contributed by atoms with van der Waals surface area (Å²) in [4.78, 5) is 23.2. The average molecular weight is 320 g/mol. The number of carbonyl (C=O) groups is 2. The third-order valence-electron chi connectivity index (χ3n) is 3.08. The van der Waals surface area contributed by atoms with Crippen LogP contribution < -0.4 is 10.6 Å². The van der Waals surface area contributed by atoms with E-state index in [9.17, 15) is 9.59 Å². The molecule has 0 aliphatic carbocycles. The van der Waals surface area contributed by atoms with E-state index >= 15 is 0 Å². The van der Waals surface area contributed by atoms with Crippen molar-refractivity contribution in [2.75, 3.05) is 13.1 Å². The number of ether oxygens (including phenoxy) is 1. The minimum Gasteiger partial charge on any atom is -0.444 e. The van der Waals surface area contributed by atoms with E-state index in [4.69, 9.17) is 4.74 Å². The van der Waals surface area contributed by atoms with Gasteiger partial charge in [-0.05, 0) is 46.1 Å². The Labute approximate surface area is 138 Å². The predicted octanol–water partition coefficient (Wildman–Crippen LogP) is 2.96. The van der Waals surface area contributed by atoms with Crippen LogP contribution in [0, 0.1) is 6.92 Å². The summed E-state index contributed by atoms with van der Waals surface area (Å²) in [7, 11) is 0. The highest BCUT2D eigenvalue weighted by molar-refractivity contribution is 5.78. The van der Waals surface area contributed by atoms with Gasteiger partial charge in [0.2, 0.25) is 5.91 Å². The summed E-state index contributed by atoms with van der Waals surface area (Å²) in [6, 6.07) is 7.95. The lowest BCUT2D eigenvalue weighted by atomic mass is 10.1. The molecule has 1 aromatic carbocycles. The van der Waals surface area contributed by atoms with Crippen LogP contribution in [0.5, 0.6) is 0 Å². The fourth-order valence-electron chi connectivity index (χ4n) is 1.94. The number of nitrogens with one attached hydrogen (secondary N) is 2. The Balaban J connectivity index is 2.07. The second kappa shape index (κ2) is 9.18. The van der Waals surface area contributed by atoms with Crippen LogP contribution >= 0.6 is 0 Å². The van der Waals surface area contributed by atoms with Gasteiger partial charge in [-0.25, -0.2) is 4.79 Å². The molecule has 2 N–H and O–H groups in total. The van der Waals surface area contributed by atoms with Gasteiger partial charge in [0.25, 0.3) is 0 Å². The van der Waals surface area contributed by atoms with Gasteiger partial charge in [-0.1, -0.05) is 29.8 Å². The van der Waals surface area contributed by atoms with E-state index in [1.165, 1.54) is 5.56 Å².